The van der Waals surface area contributed by atoms with E-state index in [-0.39, 0.29) is 53.4 Å². The maximum Gasteiger partial charge on any atom is 0.280 e. The van der Waals surface area contributed by atoms with Crippen molar-refractivity contribution in [3.63, 3.8) is 0 Å². The molecule has 4 fully saturated rings. The zero-order valence-electron chi connectivity index (χ0n) is 29.8. The van der Waals surface area contributed by atoms with Crippen molar-refractivity contribution >= 4 is 21.9 Å². The number of likely N-dealkylation sites (tertiary alicyclic amines) is 1. The number of hydrogen-bond acceptors (Lipinski definition) is 10. The van der Waals surface area contributed by atoms with Gasteiger partial charge in [0.1, 0.15) is 17.9 Å². The van der Waals surface area contributed by atoms with Crippen molar-refractivity contribution in [1.82, 2.24) is 28.8 Å². The van der Waals surface area contributed by atoms with Gasteiger partial charge >= 0.3 is 0 Å². The van der Waals surface area contributed by atoms with Crippen molar-refractivity contribution in [1.29, 1.82) is 0 Å². The van der Waals surface area contributed by atoms with Gasteiger partial charge in [-0.3, -0.25) is 9.69 Å². The molecule has 0 radical (unpaired) electrons. The number of carbonyl (C=O) groups is 1. The van der Waals surface area contributed by atoms with Gasteiger partial charge in [0.15, 0.2) is 17.4 Å². The molecule has 5 heterocycles. The minimum absolute atomic E-state index is 0.00666. The molecule has 50 heavy (non-hydrogen) atoms. The van der Waals surface area contributed by atoms with Gasteiger partial charge in [0.25, 0.3) is 16.1 Å². The molecule has 13 nitrogen and oxygen atoms in total. The zero-order valence-corrected chi connectivity index (χ0v) is 30.7. The fourth-order valence-corrected chi connectivity index (χ4v) is 9.73. The summed E-state index contributed by atoms with van der Waals surface area (Å²) >= 11 is 0. The number of hydrogen-bond donors (Lipinski definition) is 2. The van der Waals surface area contributed by atoms with Crippen molar-refractivity contribution < 1.29 is 32.2 Å². The lowest BCUT2D eigenvalue weighted by Gasteiger charge is -2.55. The Kier molecular flexibility index (Phi) is 10.7. The average Bonchev–Trinajstić information content (AvgIpc) is 3.49. The maximum atomic E-state index is 14.4. The second-order valence-corrected chi connectivity index (χ2v) is 16.9. The SMILES string of the molecule is CC(C)N(C(=O)c1cc(F)ccc1Oc1cncnc1N1CC2(CCN(C[C@@]3(O)CC[C@@H](NS(=O)(=O)N4CCC[C@H]4C)CO3)CC2)C1)C(C)C. The molecule has 2 aromatic rings. The van der Waals surface area contributed by atoms with Crippen LogP contribution in [0.25, 0.3) is 0 Å². The zero-order chi connectivity index (χ0) is 35.8. The third-order valence-corrected chi connectivity index (χ3v) is 12.5. The van der Waals surface area contributed by atoms with E-state index in [2.05, 4.69) is 24.5 Å². The predicted octanol–water partition coefficient (Wildman–Crippen LogP) is 3.76. The number of anilines is 1. The van der Waals surface area contributed by atoms with Crippen molar-refractivity contribution in [3.05, 3.63) is 42.1 Å². The van der Waals surface area contributed by atoms with Crippen LogP contribution in [-0.4, -0.2) is 119 Å². The van der Waals surface area contributed by atoms with Crippen molar-refractivity contribution in [2.24, 2.45) is 5.41 Å². The maximum absolute atomic E-state index is 14.4. The van der Waals surface area contributed by atoms with E-state index < -0.39 is 21.8 Å². The quantitative estimate of drug-likeness (QED) is 0.353. The number of ether oxygens (including phenoxy) is 2. The third-order valence-electron chi connectivity index (χ3n) is 10.7. The summed E-state index contributed by atoms with van der Waals surface area (Å²) in [7, 11) is -3.58. The number of aromatic nitrogens is 2. The van der Waals surface area contributed by atoms with E-state index in [1.807, 2.05) is 34.6 Å². The lowest BCUT2D eigenvalue weighted by Crippen LogP contribution is -2.62. The Bertz CT molecular complexity index is 1610. The summed E-state index contributed by atoms with van der Waals surface area (Å²) in [5.41, 5.74) is 0.239. The Morgan fingerprint density at radius 1 is 1.12 bits per heavy atom. The fraction of sp³-hybridized carbons (Fsp3) is 0.686. The molecule has 0 saturated carbocycles. The van der Waals surface area contributed by atoms with Gasteiger partial charge in [0.05, 0.1) is 24.9 Å². The molecule has 1 aromatic heterocycles. The monoisotopic (exact) mass is 717 g/mol. The molecule has 276 valence electrons. The molecule has 2 N–H and O–H groups in total. The largest absolute Gasteiger partial charge is 0.451 e. The van der Waals surface area contributed by atoms with E-state index in [9.17, 15) is 22.7 Å². The molecule has 0 bridgehead atoms. The van der Waals surface area contributed by atoms with Gasteiger partial charge in [-0.2, -0.15) is 17.4 Å². The molecule has 4 aliphatic rings. The first-order chi connectivity index (χ1) is 23.7. The van der Waals surface area contributed by atoms with Crippen LogP contribution in [-0.2, 0) is 14.9 Å². The van der Waals surface area contributed by atoms with Crippen LogP contribution in [0.3, 0.4) is 0 Å². The normalized spacial score (nSPS) is 26.1. The van der Waals surface area contributed by atoms with E-state index in [0.717, 1.165) is 51.9 Å². The molecule has 4 saturated heterocycles. The van der Waals surface area contributed by atoms with Crippen molar-refractivity contribution in [2.75, 3.05) is 50.8 Å². The first kappa shape index (κ1) is 36.8. The number of nitrogens with zero attached hydrogens (tertiary/aromatic N) is 6. The number of halogens is 1. The Morgan fingerprint density at radius 2 is 1.84 bits per heavy atom. The van der Waals surface area contributed by atoms with Crippen LogP contribution in [0.2, 0.25) is 0 Å². The molecule has 1 aromatic carbocycles. The van der Waals surface area contributed by atoms with Crippen LogP contribution in [0.15, 0.2) is 30.7 Å². The summed E-state index contributed by atoms with van der Waals surface area (Å²) in [6.45, 7) is 13.8. The molecular formula is C35H52FN7O6S. The molecule has 4 aliphatic heterocycles. The number of piperidine rings is 1. The summed E-state index contributed by atoms with van der Waals surface area (Å²) in [6.07, 6.45) is 7.52. The summed E-state index contributed by atoms with van der Waals surface area (Å²) in [6, 6.07) is 3.44. The highest BCUT2D eigenvalue weighted by atomic mass is 32.2. The van der Waals surface area contributed by atoms with E-state index in [1.54, 1.807) is 11.1 Å². The highest BCUT2D eigenvalue weighted by Crippen LogP contribution is 2.45. The third kappa shape index (κ3) is 7.92. The second kappa shape index (κ2) is 14.6. The van der Waals surface area contributed by atoms with Crippen LogP contribution in [0, 0.1) is 11.2 Å². The van der Waals surface area contributed by atoms with Crippen LogP contribution in [0.4, 0.5) is 10.2 Å². The van der Waals surface area contributed by atoms with Gasteiger partial charge in [-0.05, 0) is 98.0 Å². The molecule has 15 heteroatoms. The molecule has 1 spiro atoms. The van der Waals surface area contributed by atoms with Crippen LogP contribution >= 0.6 is 0 Å². The first-order valence-electron chi connectivity index (χ1n) is 17.9. The lowest BCUT2D eigenvalue weighted by atomic mass is 9.72. The molecule has 6 rings (SSSR count). The van der Waals surface area contributed by atoms with Gasteiger partial charge < -0.3 is 24.4 Å². The highest BCUT2D eigenvalue weighted by molar-refractivity contribution is 7.87. The molecule has 0 aliphatic carbocycles. The van der Waals surface area contributed by atoms with E-state index in [0.29, 0.717) is 37.5 Å². The summed E-state index contributed by atoms with van der Waals surface area (Å²) in [5, 5.41) is 11.3. The van der Waals surface area contributed by atoms with Crippen LogP contribution in [0.5, 0.6) is 11.5 Å². The number of carbonyl (C=O) groups excluding carboxylic acids is 1. The van der Waals surface area contributed by atoms with Gasteiger partial charge in [-0.1, -0.05) is 0 Å². The smallest absolute Gasteiger partial charge is 0.280 e. The number of aliphatic hydroxyl groups is 1. The van der Waals surface area contributed by atoms with E-state index in [4.69, 9.17) is 9.47 Å². The van der Waals surface area contributed by atoms with E-state index >= 15 is 0 Å². The number of rotatable bonds is 11. The van der Waals surface area contributed by atoms with E-state index in [1.165, 1.54) is 28.8 Å². The Labute approximate surface area is 295 Å². The summed E-state index contributed by atoms with van der Waals surface area (Å²) in [4.78, 5) is 28.3. The molecular weight excluding hydrogens is 665 g/mol. The molecule has 0 unspecified atom stereocenters. The fourth-order valence-electron chi connectivity index (χ4n) is 8.04. The number of benzene rings is 1. The van der Waals surface area contributed by atoms with Gasteiger partial charge in [-0.15, -0.1) is 0 Å². The summed E-state index contributed by atoms with van der Waals surface area (Å²) < 4.78 is 56.6. The second-order valence-electron chi connectivity index (χ2n) is 15.2. The lowest BCUT2D eigenvalue weighted by molar-refractivity contribution is -0.239. The van der Waals surface area contributed by atoms with Crippen LogP contribution < -0.4 is 14.4 Å². The standard InChI is InChI=1S/C35H52FN7O6S/c1-24(2)43(25(3)4)33(44)29-17-27(36)8-9-30(29)49-31-18-37-23-38-32(31)41-20-34(21-41)12-15-40(16-13-34)22-35(45)11-10-28(19-48-35)39-50(46,47)42-14-6-7-26(42)5/h8-9,17-18,23-26,28,39,45H,6-7,10-16,19-22H2,1-5H3/t26-,28-,35-/m1/s1. The minimum atomic E-state index is -3.58. The number of β-amino-alcohol motifs (C(OH)–C–C–N with tert-alkyl or cyclic N) is 1. The minimum Gasteiger partial charge on any atom is -0.451 e. The Morgan fingerprint density at radius 3 is 2.46 bits per heavy atom. The van der Waals surface area contributed by atoms with Crippen molar-refractivity contribution in [3.8, 4) is 11.5 Å². The van der Waals surface area contributed by atoms with Crippen molar-refractivity contribution in [2.45, 2.75) is 103 Å². The van der Waals surface area contributed by atoms with Gasteiger partial charge in [0.2, 0.25) is 0 Å². The average molecular weight is 718 g/mol. The molecule has 1 amide bonds. The first-order valence-corrected chi connectivity index (χ1v) is 19.3. The number of nitrogens with one attached hydrogen (secondary N) is 1. The molecule has 3 atom stereocenters. The van der Waals surface area contributed by atoms with Crippen LogP contribution in [0.1, 0.15) is 83.5 Å². The van der Waals surface area contributed by atoms with Gasteiger partial charge in [0, 0.05) is 55.6 Å². The van der Waals surface area contributed by atoms with Gasteiger partial charge in [-0.25, -0.2) is 14.4 Å². The highest BCUT2D eigenvalue weighted by Gasteiger charge is 2.47. The predicted molar refractivity (Wildman–Crippen MR) is 187 cm³/mol. The summed E-state index contributed by atoms with van der Waals surface area (Å²) in [5.74, 6) is -0.876. The number of amides is 1. The Balaban J connectivity index is 1.02. The topological polar surface area (TPSA) is 141 Å². The Hall–Kier alpha value is -2.95.